The first-order valence-corrected chi connectivity index (χ1v) is 8.56. The van der Waals surface area contributed by atoms with Crippen molar-refractivity contribution in [1.82, 2.24) is 9.13 Å². The van der Waals surface area contributed by atoms with Gasteiger partial charge < -0.3 is 9.67 Å². The Balaban J connectivity index is 1.81. The fourth-order valence-corrected chi connectivity index (χ4v) is 3.39. The Kier molecular flexibility index (Phi) is 3.57. The number of fused-ring (bicyclic) bond motifs is 2. The van der Waals surface area contributed by atoms with Gasteiger partial charge in [0.05, 0.1) is 0 Å². The molecule has 1 N–H and O–H groups in total. The van der Waals surface area contributed by atoms with Crippen molar-refractivity contribution in [2.24, 2.45) is 7.05 Å². The monoisotopic (exact) mass is 318 g/mol. The van der Waals surface area contributed by atoms with Gasteiger partial charge in [-0.2, -0.15) is 0 Å². The van der Waals surface area contributed by atoms with Crippen molar-refractivity contribution in [2.45, 2.75) is 26.2 Å². The molecule has 0 saturated carbocycles. The molecule has 2 aromatic carbocycles. The van der Waals surface area contributed by atoms with Crippen molar-refractivity contribution in [3.8, 4) is 11.6 Å². The molecule has 0 aliphatic carbocycles. The lowest BCUT2D eigenvalue weighted by Crippen LogP contribution is -1.91. The first-order chi connectivity index (χ1) is 11.7. The van der Waals surface area contributed by atoms with E-state index >= 15 is 0 Å². The number of hydrogen-bond donors (Lipinski definition) is 1. The summed E-state index contributed by atoms with van der Waals surface area (Å²) in [5, 5.41) is 13.9. The Morgan fingerprint density at radius 3 is 2.71 bits per heavy atom. The standard InChI is InChI=1S/C21H22N2O/c1-3-4-5-15-6-7-17-14-23(21(24)19(17)12-15)18-8-9-20-16(13-18)10-11-22(20)2/h6-14,24H,3-5H2,1-2H3. The minimum atomic E-state index is 0.318. The molecule has 0 unspecified atom stereocenters. The van der Waals surface area contributed by atoms with Gasteiger partial charge in [0.1, 0.15) is 0 Å². The zero-order valence-electron chi connectivity index (χ0n) is 14.2. The van der Waals surface area contributed by atoms with Crippen LogP contribution < -0.4 is 0 Å². The van der Waals surface area contributed by atoms with E-state index in [0.717, 1.165) is 22.9 Å². The summed E-state index contributed by atoms with van der Waals surface area (Å²) in [6, 6.07) is 14.8. The number of hydrogen-bond acceptors (Lipinski definition) is 1. The third kappa shape index (κ3) is 2.37. The lowest BCUT2D eigenvalue weighted by atomic mass is 10.1. The Morgan fingerprint density at radius 1 is 1.00 bits per heavy atom. The molecule has 0 saturated heterocycles. The maximum atomic E-state index is 10.7. The number of aromatic nitrogens is 2. The van der Waals surface area contributed by atoms with Crippen molar-refractivity contribution in [1.29, 1.82) is 0 Å². The highest BCUT2D eigenvalue weighted by atomic mass is 16.3. The van der Waals surface area contributed by atoms with Crippen LogP contribution in [0, 0.1) is 0 Å². The maximum absolute atomic E-state index is 10.7. The molecule has 0 bridgehead atoms. The highest BCUT2D eigenvalue weighted by Crippen LogP contribution is 2.32. The molecule has 0 atom stereocenters. The quantitative estimate of drug-likeness (QED) is 0.553. The van der Waals surface area contributed by atoms with Crippen molar-refractivity contribution in [2.75, 3.05) is 0 Å². The van der Waals surface area contributed by atoms with E-state index in [1.807, 2.05) is 17.8 Å². The summed E-state index contributed by atoms with van der Waals surface area (Å²) in [6.07, 6.45) is 7.49. The molecule has 2 heterocycles. The van der Waals surface area contributed by atoms with Gasteiger partial charge in [0.25, 0.3) is 0 Å². The predicted octanol–water partition coefficient (Wildman–Crippen LogP) is 5.17. The van der Waals surface area contributed by atoms with Gasteiger partial charge in [0.15, 0.2) is 0 Å². The number of aromatic hydroxyl groups is 1. The molecule has 0 radical (unpaired) electrons. The largest absolute Gasteiger partial charge is 0.494 e. The van der Waals surface area contributed by atoms with Gasteiger partial charge in [-0.05, 0) is 48.7 Å². The van der Waals surface area contributed by atoms with E-state index in [1.54, 1.807) is 0 Å². The number of nitrogens with zero attached hydrogens (tertiary/aromatic N) is 2. The molecule has 3 nitrogen and oxygen atoms in total. The van der Waals surface area contributed by atoms with Crippen LogP contribution in [0.5, 0.6) is 5.88 Å². The van der Waals surface area contributed by atoms with Crippen LogP contribution in [-0.2, 0) is 13.5 Å². The van der Waals surface area contributed by atoms with Gasteiger partial charge in [-0.15, -0.1) is 0 Å². The van der Waals surface area contributed by atoms with Crippen molar-refractivity contribution in [3.63, 3.8) is 0 Å². The summed E-state index contributed by atoms with van der Waals surface area (Å²) in [4.78, 5) is 0. The zero-order chi connectivity index (χ0) is 16.7. The van der Waals surface area contributed by atoms with E-state index in [-0.39, 0.29) is 0 Å². The Hall–Kier alpha value is -2.68. The first kappa shape index (κ1) is 14.9. The molecular formula is C21H22N2O. The van der Waals surface area contributed by atoms with Crippen LogP contribution in [-0.4, -0.2) is 14.2 Å². The summed E-state index contributed by atoms with van der Waals surface area (Å²) in [7, 11) is 2.04. The minimum absolute atomic E-state index is 0.318. The SMILES string of the molecule is CCCCc1ccc2cn(-c3ccc4c(ccn4C)c3)c(O)c2c1. The Labute approximate surface area is 141 Å². The number of aryl methyl sites for hydroxylation is 2. The molecule has 0 fully saturated rings. The van der Waals surface area contributed by atoms with E-state index < -0.39 is 0 Å². The summed E-state index contributed by atoms with van der Waals surface area (Å²) in [5.41, 5.74) is 3.46. The van der Waals surface area contributed by atoms with Gasteiger partial charge in [0.2, 0.25) is 5.88 Å². The van der Waals surface area contributed by atoms with Gasteiger partial charge in [-0.1, -0.05) is 25.5 Å². The van der Waals surface area contributed by atoms with Crippen molar-refractivity contribution < 1.29 is 5.11 Å². The van der Waals surface area contributed by atoms with Crippen LogP contribution in [0.25, 0.3) is 27.4 Å². The Morgan fingerprint density at radius 2 is 1.88 bits per heavy atom. The topological polar surface area (TPSA) is 30.1 Å². The highest BCUT2D eigenvalue weighted by molar-refractivity contribution is 5.90. The number of benzene rings is 2. The third-order valence-electron chi connectivity index (χ3n) is 4.82. The average Bonchev–Trinajstić information content (AvgIpc) is 3.13. The molecule has 4 aromatic rings. The van der Waals surface area contributed by atoms with Crippen LogP contribution in [0.2, 0.25) is 0 Å². The van der Waals surface area contributed by atoms with E-state index in [9.17, 15) is 5.11 Å². The molecular weight excluding hydrogens is 296 g/mol. The van der Waals surface area contributed by atoms with Gasteiger partial charge in [-0.25, -0.2) is 0 Å². The molecule has 2 aromatic heterocycles. The number of unbranched alkanes of at least 4 members (excludes halogenated alkanes) is 1. The van der Waals surface area contributed by atoms with Crippen LogP contribution in [0.1, 0.15) is 25.3 Å². The van der Waals surface area contributed by atoms with Crippen LogP contribution >= 0.6 is 0 Å². The lowest BCUT2D eigenvalue weighted by Gasteiger charge is -2.06. The first-order valence-electron chi connectivity index (χ1n) is 8.56. The molecule has 3 heteroatoms. The lowest BCUT2D eigenvalue weighted by molar-refractivity contribution is 0.448. The minimum Gasteiger partial charge on any atom is -0.494 e. The molecule has 0 aliphatic heterocycles. The second-order valence-corrected chi connectivity index (χ2v) is 6.52. The fraction of sp³-hybridized carbons (Fsp3) is 0.238. The molecule has 24 heavy (non-hydrogen) atoms. The summed E-state index contributed by atoms with van der Waals surface area (Å²) in [5.74, 6) is 0.318. The molecule has 4 rings (SSSR count). The van der Waals surface area contributed by atoms with Gasteiger partial charge >= 0.3 is 0 Å². The normalized spacial score (nSPS) is 11.6. The van der Waals surface area contributed by atoms with Gasteiger partial charge in [0, 0.05) is 46.8 Å². The fourth-order valence-electron chi connectivity index (χ4n) is 3.39. The molecule has 0 amide bonds. The summed E-state index contributed by atoms with van der Waals surface area (Å²) in [6.45, 7) is 2.20. The smallest absolute Gasteiger partial charge is 0.203 e. The predicted molar refractivity (Wildman–Crippen MR) is 100 cm³/mol. The van der Waals surface area contributed by atoms with Gasteiger partial charge in [-0.3, -0.25) is 4.57 Å². The van der Waals surface area contributed by atoms with Crippen molar-refractivity contribution >= 4 is 21.7 Å². The van der Waals surface area contributed by atoms with E-state index in [2.05, 4.69) is 60.2 Å². The Bertz CT molecular complexity index is 1020. The second-order valence-electron chi connectivity index (χ2n) is 6.52. The summed E-state index contributed by atoms with van der Waals surface area (Å²) < 4.78 is 3.98. The van der Waals surface area contributed by atoms with Crippen molar-refractivity contribution in [3.05, 3.63) is 60.4 Å². The van der Waals surface area contributed by atoms with E-state index in [0.29, 0.717) is 5.88 Å². The highest BCUT2D eigenvalue weighted by Gasteiger charge is 2.11. The average molecular weight is 318 g/mol. The van der Waals surface area contributed by atoms with Crippen LogP contribution in [0.4, 0.5) is 0 Å². The zero-order valence-corrected chi connectivity index (χ0v) is 14.2. The van der Waals surface area contributed by atoms with E-state index in [1.165, 1.54) is 29.3 Å². The molecule has 122 valence electrons. The summed E-state index contributed by atoms with van der Waals surface area (Å²) >= 11 is 0. The van der Waals surface area contributed by atoms with Crippen LogP contribution in [0.3, 0.4) is 0 Å². The maximum Gasteiger partial charge on any atom is 0.203 e. The molecule has 0 spiro atoms. The van der Waals surface area contributed by atoms with Crippen LogP contribution in [0.15, 0.2) is 54.9 Å². The number of rotatable bonds is 4. The second kappa shape index (κ2) is 5.75. The molecule has 0 aliphatic rings. The third-order valence-corrected chi connectivity index (χ3v) is 4.82. The van der Waals surface area contributed by atoms with E-state index in [4.69, 9.17) is 0 Å².